The molecule has 0 bridgehead atoms. The minimum Gasteiger partial charge on any atom is -0.444 e. The number of nitrogens with one attached hydrogen (secondary N) is 2. The van der Waals surface area contributed by atoms with E-state index in [-0.39, 0.29) is 12.1 Å². The quantitative estimate of drug-likeness (QED) is 0.860. The van der Waals surface area contributed by atoms with Gasteiger partial charge in [0.1, 0.15) is 5.60 Å². The maximum atomic E-state index is 11.7. The van der Waals surface area contributed by atoms with Gasteiger partial charge >= 0.3 is 6.09 Å². The third-order valence-electron chi connectivity index (χ3n) is 3.06. The van der Waals surface area contributed by atoms with Crippen LogP contribution in [0.5, 0.6) is 0 Å². The van der Waals surface area contributed by atoms with E-state index in [1.165, 1.54) is 11.1 Å². The molecule has 1 heterocycles. The number of carbonyl (C=O) groups is 1. The highest BCUT2D eigenvalue weighted by Gasteiger charge is 2.21. The number of alkyl carbamates (subject to hydrolysis) is 1. The Labute approximate surface area is 114 Å². The van der Waals surface area contributed by atoms with E-state index >= 15 is 0 Å². The van der Waals surface area contributed by atoms with Gasteiger partial charge in [0.25, 0.3) is 0 Å². The second kappa shape index (κ2) is 5.61. The summed E-state index contributed by atoms with van der Waals surface area (Å²) >= 11 is 0. The fourth-order valence-electron chi connectivity index (χ4n) is 2.27. The number of rotatable bonds is 2. The standard InChI is InChI=1S/C15H22N2O2/c1-15(2,3)19-14(18)17-10-13-12-7-5-4-6-11(12)8-9-16-13/h4-7,13,16H,8-10H2,1-3H3,(H,17,18)/t13-/m0/s1. The maximum absolute atomic E-state index is 11.7. The Morgan fingerprint density at radius 1 is 1.42 bits per heavy atom. The molecule has 1 amide bonds. The molecular weight excluding hydrogens is 240 g/mol. The molecule has 19 heavy (non-hydrogen) atoms. The average Bonchev–Trinajstić information content (AvgIpc) is 2.34. The summed E-state index contributed by atoms with van der Waals surface area (Å²) in [5.41, 5.74) is 2.17. The first kappa shape index (κ1) is 13.9. The largest absolute Gasteiger partial charge is 0.444 e. The Hall–Kier alpha value is -1.55. The van der Waals surface area contributed by atoms with Crippen molar-refractivity contribution in [3.8, 4) is 0 Å². The van der Waals surface area contributed by atoms with Gasteiger partial charge in [-0.3, -0.25) is 0 Å². The Morgan fingerprint density at radius 2 is 2.16 bits per heavy atom. The molecule has 1 aliphatic rings. The van der Waals surface area contributed by atoms with Crippen molar-refractivity contribution < 1.29 is 9.53 Å². The molecule has 4 nitrogen and oxygen atoms in total. The van der Waals surface area contributed by atoms with Gasteiger partial charge in [0.15, 0.2) is 0 Å². The van der Waals surface area contributed by atoms with Crippen LogP contribution in [0, 0.1) is 0 Å². The van der Waals surface area contributed by atoms with Gasteiger partial charge < -0.3 is 15.4 Å². The molecule has 2 N–H and O–H groups in total. The van der Waals surface area contributed by atoms with E-state index in [0.29, 0.717) is 6.54 Å². The minimum absolute atomic E-state index is 0.164. The molecule has 0 aromatic heterocycles. The van der Waals surface area contributed by atoms with Crippen LogP contribution in [0.2, 0.25) is 0 Å². The first-order valence-corrected chi connectivity index (χ1v) is 6.74. The zero-order valence-corrected chi connectivity index (χ0v) is 11.8. The predicted molar refractivity (Wildman–Crippen MR) is 75.1 cm³/mol. The summed E-state index contributed by atoms with van der Waals surface area (Å²) in [5, 5.41) is 6.25. The lowest BCUT2D eigenvalue weighted by atomic mass is 9.94. The fourth-order valence-corrected chi connectivity index (χ4v) is 2.27. The van der Waals surface area contributed by atoms with E-state index in [9.17, 15) is 4.79 Å². The van der Waals surface area contributed by atoms with Crippen molar-refractivity contribution in [2.75, 3.05) is 13.1 Å². The maximum Gasteiger partial charge on any atom is 0.407 e. The van der Waals surface area contributed by atoms with E-state index in [0.717, 1.165) is 13.0 Å². The summed E-state index contributed by atoms with van der Waals surface area (Å²) < 4.78 is 5.24. The second-order valence-electron chi connectivity index (χ2n) is 5.84. The summed E-state index contributed by atoms with van der Waals surface area (Å²) in [6.07, 6.45) is 0.677. The van der Waals surface area contributed by atoms with Crippen molar-refractivity contribution in [3.63, 3.8) is 0 Å². The Bertz CT molecular complexity index is 452. The lowest BCUT2D eigenvalue weighted by Gasteiger charge is -2.27. The lowest BCUT2D eigenvalue weighted by Crippen LogP contribution is -2.40. The average molecular weight is 262 g/mol. The van der Waals surface area contributed by atoms with Gasteiger partial charge in [-0.1, -0.05) is 24.3 Å². The Morgan fingerprint density at radius 3 is 2.89 bits per heavy atom. The summed E-state index contributed by atoms with van der Waals surface area (Å²) in [5.74, 6) is 0. The molecule has 0 saturated heterocycles. The number of hydrogen-bond acceptors (Lipinski definition) is 3. The molecule has 0 fully saturated rings. The Balaban J connectivity index is 1.93. The number of amides is 1. The van der Waals surface area contributed by atoms with E-state index in [1.807, 2.05) is 26.8 Å². The summed E-state index contributed by atoms with van der Waals surface area (Å²) in [6.45, 7) is 7.08. The molecule has 1 atom stereocenters. The first-order valence-electron chi connectivity index (χ1n) is 6.74. The van der Waals surface area contributed by atoms with Crippen LogP contribution in [-0.4, -0.2) is 24.8 Å². The Kier molecular flexibility index (Phi) is 4.10. The molecule has 1 aromatic rings. The summed E-state index contributed by atoms with van der Waals surface area (Å²) in [7, 11) is 0. The van der Waals surface area contributed by atoms with Crippen molar-refractivity contribution in [1.82, 2.24) is 10.6 Å². The van der Waals surface area contributed by atoms with E-state index < -0.39 is 5.60 Å². The third kappa shape index (κ3) is 3.96. The van der Waals surface area contributed by atoms with Gasteiger partial charge in [-0.05, 0) is 44.9 Å². The number of hydrogen-bond donors (Lipinski definition) is 2. The molecule has 2 rings (SSSR count). The van der Waals surface area contributed by atoms with Crippen molar-refractivity contribution >= 4 is 6.09 Å². The monoisotopic (exact) mass is 262 g/mol. The lowest BCUT2D eigenvalue weighted by molar-refractivity contribution is 0.0522. The zero-order chi connectivity index (χ0) is 13.9. The molecule has 0 saturated carbocycles. The van der Waals surface area contributed by atoms with E-state index in [1.54, 1.807) is 0 Å². The minimum atomic E-state index is -0.456. The SMILES string of the molecule is CC(C)(C)OC(=O)NC[C@@H]1NCCc2ccccc21. The van der Waals surface area contributed by atoms with Gasteiger partial charge in [0.05, 0.1) is 6.04 Å². The summed E-state index contributed by atoms with van der Waals surface area (Å²) in [6, 6.07) is 8.52. The zero-order valence-electron chi connectivity index (χ0n) is 11.8. The highest BCUT2D eigenvalue weighted by molar-refractivity contribution is 5.67. The number of carbonyl (C=O) groups excluding carboxylic acids is 1. The number of fused-ring (bicyclic) bond motifs is 1. The molecule has 1 aliphatic heterocycles. The topological polar surface area (TPSA) is 50.4 Å². The number of benzene rings is 1. The third-order valence-corrected chi connectivity index (χ3v) is 3.06. The highest BCUT2D eigenvalue weighted by atomic mass is 16.6. The smallest absolute Gasteiger partial charge is 0.407 e. The van der Waals surface area contributed by atoms with Crippen LogP contribution in [0.15, 0.2) is 24.3 Å². The fraction of sp³-hybridized carbons (Fsp3) is 0.533. The van der Waals surface area contributed by atoms with E-state index in [2.05, 4.69) is 28.8 Å². The van der Waals surface area contributed by atoms with Gasteiger partial charge in [-0.2, -0.15) is 0 Å². The normalized spacial score (nSPS) is 18.6. The molecular formula is C15H22N2O2. The molecule has 4 heteroatoms. The van der Waals surface area contributed by atoms with Crippen molar-refractivity contribution in [2.45, 2.75) is 38.8 Å². The van der Waals surface area contributed by atoms with Crippen molar-refractivity contribution in [1.29, 1.82) is 0 Å². The van der Waals surface area contributed by atoms with Crippen molar-refractivity contribution in [2.24, 2.45) is 0 Å². The predicted octanol–water partition coefficient (Wildman–Crippen LogP) is 2.40. The van der Waals surface area contributed by atoms with Crippen LogP contribution in [0.3, 0.4) is 0 Å². The molecule has 0 spiro atoms. The van der Waals surface area contributed by atoms with Crippen LogP contribution < -0.4 is 10.6 Å². The molecule has 1 aromatic carbocycles. The molecule has 0 radical (unpaired) electrons. The van der Waals surface area contributed by atoms with Gasteiger partial charge in [-0.25, -0.2) is 4.79 Å². The molecule has 104 valence electrons. The van der Waals surface area contributed by atoms with Gasteiger partial charge in [0, 0.05) is 6.54 Å². The number of ether oxygens (including phenoxy) is 1. The molecule has 0 aliphatic carbocycles. The van der Waals surface area contributed by atoms with Crippen LogP contribution in [0.1, 0.15) is 37.9 Å². The van der Waals surface area contributed by atoms with Crippen LogP contribution in [0.4, 0.5) is 4.79 Å². The van der Waals surface area contributed by atoms with Crippen LogP contribution in [0.25, 0.3) is 0 Å². The van der Waals surface area contributed by atoms with Crippen LogP contribution in [-0.2, 0) is 11.2 Å². The van der Waals surface area contributed by atoms with Crippen LogP contribution >= 0.6 is 0 Å². The summed E-state index contributed by atoms with van der Waals surface area (Å²) in [4.78, 5) is 11.7. The van der Waals surface area contributed by atoms with Gasteiger partial charge in [0.2, 0.25) is 0 Å². The first-order chi connectivity index (χ1) is 8.96. The van der Waals surface area contributed by atoms with Gasteiger partial charge in [-0.15, -0.1) is 0 Å². The second-order valence-corrected chi connectivity index (χ2v) is 5.84. The van der Waals surface area contributed by atoms with Crippen molar-refractivity contribution in [3.05, 3.63) is 35.4 Å². The molecule has 0 unspecified atom stereocenters. The highest BCUT2D eigenvalue weighted by Crippen LogP contribution is 2.21. The van der Waals surface area contributed by atoms with E-state index in [4.69, 9.17) is 4.74 Å².